The molecule has 0 aliphatic heterocycles. The maximum atomic E-state index is 11.9. The van der Waals surface area contributed by atoms with E-state index in [0.29, 0.717) is 16.3 Å². The van der Waals surface area contributed by atoms with Crippen molar-refractivity contribution in [2.45, 2.75) is 17.9 Å². The maximum Gasteiger partial charge on any atom is 0.235 e. The number of halogens is 1. The lowest BCUT2D eigenvalue weighted by atomic mass is 10.2. The minimum absolute atomic E-state index is 0.346. The molecule has 7 heteroatoms. The van der Waals surface area contributed by atoms with Crippen molar-refractivity contribution in [3.63, 3.8) is 0 Å². The first-order chi connectivity index (χ1) is 8.27. The molecule has 100 valence electrons. The highest BCUT2D eigenvalue weighted by Crippen LogP contribution is 2.25. The summed E-state index contributed by atoms with van der Waals surface area (Å²) in [4.78, 5) is 10.9. The number of sulfone groups is 1. The minimum atomic E-state index is -3.68. The summed E-state index contributed by atoms with van der Waals surface area (Å²) in [6, 6.07) is 4.65. The Morgan fingerprint density at radius 2 is 2.11 bits per heavy atom. The third-order valence-electron chi connectivity index (χ3n) is 2.54. The summed E-state index contributed by atoms with van der Waals surface area (Å²) < 4.78 is 28.9. The van der Waals surface area contributed by atoms with Gasteiger partial charge in [0.25, 0.3) is 0 Å². The van der Waals surface area contributed by atoms with Crippen LogP contribution in [0.15, 0.2) is 18.2 Å². The van der Waals surface area contributed by atoms with Crippen LogP contribution in [0.5, 0.6) is 5.75 Å². The Kier molecular flexibility index (Phi) is 4.59. The number of benzene rings is 1. The highest BCUT2D eigenvalue weighted by molar-refractivity contribution is 7.92. The molecule has 0 saturated heterocycles. The zero-order valence-corrected chi connectivity index (χ0v) is 11.6. The zero-order valence-electron chi connectivity index (χ0n) is 10.0. The highest BCUT2D eigenvalue weighted by atomic mass is 35.5. The molecule has 1 atom stereocenters. The monoisotopic (exact) mass is 291 g/mol. The van der Waals surface area contributed by atoms with Crippen LogP contribution in [0.3, 0.4) is 0 Å². The molecule has 0 bridgehead atoms. The van der Waals surface area contributed by atoms with E-state index in [1.165, 1.54) is 20.1 Å². The number of amides is 1. The van der Waals surface area contributed by atoms with Gasteiger partial charge in [-0.25, -0.2) is 8.42 Å². The second-order valence-corrected chi connectivity index (χ2v) is 6.57. The fourth-order valence-corrected chi connectivity index (χ4v) is 2.84. The smallest absolute Gasteiger partial charge is 0.235 e. The molecule has 0 heterocycles. The molecule has 1 aromatic rings. The molecule has 0 aliphatic rings. The highest BCUT2D eigenvalue weighted by Gasteiger charge is 2.27. The summed E-state index contributed by atoms with van der Waals surface area (Å²) in [5.74, 6) is -0.823. The van der Waals surface area contributed by atoms with Crippen LogP contribution in [0.4, 0.5) is 0 Å². The Balaban J connectivity index is 3.11. The van der Waals surface area contributed by atoms with Crippen molar-refractivity contribution < 1.29 is 17.9 Å². The van der Waals surface area contributed by atoms with Crippen LogP contribution < -0.4 is 10.5 Å². The van der Waals surface area contributed by atoms with Crippen molar-refractivity contribution in [3.8, 4) is 5.75 Å². The molecule has 0 spiro atoms. The van der Waals surface area contributed by atoms with Crippen molar-refractivity contribution in [1.82, 2.24) is 0 Å². The molecule has 18 heavy (non-hydrogen) atoms. The predicted octanol–water partition coefficient (Wildman–Crippen LogP) is 1.14. The van der Waals surface area contributed by atoms with E-state index < -0.39 is 21.0 Å². The Labute approximate surface area is 111 Å². The van der Waals surface area contributed by atoms with E-state index >= 15 is 0 Å². The van der Waals surface area contributed by atoms with Gasteiger partial charge < -0.3 is 10.5 Å². The van der Waals surface area contributed by atoms with E-state index in [1.807, 2.05) is 0 Å². The third-order valence-corrected chi connectivity index (χ3v) is 4.80. The number of hydrogen-bond acceptors (Lipinski definition) is 4. The number of methoxy groups -OCH3 is 1. The fourth-order valence-electron chi connectivity index (χ4n) is 1.38. The summed E-state index contributed by atoms with van der Waals surface area (Å²) in [5.41, 5.74) is 5.40. The summed E-state index contributed by atoms with van der Waals surface area (Å²) in [6.45, 7) is 1.26. The van der Waals surface area contributed by atoms with Gasteiger partial charge in [0.05, 0.1) is 12.9 Å². The van der Waals surface area contributed by atoms with E-state index in [-0.39, 0.29) is 5.75 Å². The largest absolute Gasteiger partial charge is 0.496 e. The molecule has 5 nitrogen and oxygen atoms in total. The standard InChI is InChI=1S/C11H14ClNO4S/c1-7(11(13)14)18(15,16)6-8-5-9(12)3-4-10(8)17-2/h3-5,7H,6H2,1-2H3,(H2,13,14)/t7-/m1/s1. The van der Waals surface area contributed by atoms with Gasteiger partial charge in [0.15, 0.2) is 9.84 Å². The Morgan fingerprint density at radius 1 is 1.50 bits per heavy atom. The summed E-state index contributed by atoms with van der Waals surface area (Å²) in [5, 5.41) is -0.853. The Hall–Kier alpha value is -1.27. The topological polar surface area (TPSA) is 86.5 Å². The second-order valence-electron chi connectivity index (χ2n) is 3.81. The normalized spacial score (nSPS) is 13.1. The number of primary amides is 1. The fraction of sp³-hybridized carbons (Fsp3) is 0.364. The van der Waals surface area contributed by atoms with E-state index in [2.05, 4.69) is 0 Å². The van der Waals surface area contributed by atoms with Crippen LogP contribution in [0, 0.1) is 0 Å². The average molecular weight is 292 g/mol. The number of hydrogen-bond donors (Lipinski definition) is 1. The predicted molar refractivity (Wildman–Crippen MR) is 69.3 cm³/mol. The SMILES string of the molecule is COc1ccc(Cl)cc1CS(=O)(=O)[C@H](C)C(N)=O. The minimum Gasteiger partial charge on any atom is -0.496 e. The van der Waals surface area contributed by atoms with Gasteiger partial charge in [-0.15, -0.1) is 0 Å². The van der Waals surface area contributed by atoms with Crippen molar-refractivity contribution in [3.05, 3.63) is 28.8 Å². The van der Waals surface area contributed by atoms with Gasteiger partial charge in [0, 0.05) is 10.6 Å². The van der Waals surface area contributed by atoms with E-state index in [9.17, 15) is 13.2 Å². The van der Waals surface area contributed by atoms with Crippen LogP contribution in [-0.4, -0.2) is 26.7 Å². The first-order valence-electron chi connectivity index (χ1n) is 5.11. The molecule has 0 fully saturated rings. The van der Waals surface area contributed by atoms with Crippen LogP contribution in [0.1, 0.15) is 12.5 Å². The maximum absolute atomic E-state index is 11.9. The first-order valence-corrected chi connectivity index (χ1v) is 7.20. The lowest BCUT2D eigenvalue weighted by Crippen LogP contribution is -2.34. The second kappa shape index (κ2) is 5.58. The Morgan fingerprint density at radius 3 is 2.61 bits per heavy atom. The van der Waals surface area contributed by atoms with Gasteiger partial charge >= 0.3 is 0 Å². The molecule has 0 unspecified atom stereocenters. The lowest BCUT2D eigenvalue weighted by Gasteiger charge is -2.12. The molecule has 2 N–H and O–H groups in total. The van der Waals surface area contributed by atoms with Crippen LogP contribution >= 0.6 is 11.6 Å². The molecule has 0 saturated carbocycles. The van der Waals surface area contributed by atoms with E-state index in [0.717, 1.165) is 0 Å². The first kappa shape index (κ1) is 14.8. The third kappa shape index (κ3) is 3.36. The van der Waals surface area contributed by atoms with Crippen molar-refractivity contribution in [2.24, 2.45) is 5.73 Å². The summed E-state index contributed by atoms with van der Waals surface area (Å²) in [6.07, 6.45) is 0. The molecule has 0 aliphatic carbocycles. The summed E-state index contributed by atoms with van der Waals surface area (Å²) >= 11 is 5.80. The van der Waals surface area contributed by atoms with Gasteiger partial charge in [0.2, 0.25) is 5.91 Å². The Bertz CT molecular complexity index is 556. The van der Waals surface area contributed by atoms with Crippen molar-refractivity contribution in [1.29, 1.82) is 0 Å². The number of carbonyl (C=O) groups excluding carboxylic acids is 1. The number of rotatable bonds is 5. The molecular formula is C11H14ClNO4S. The van der Waals surface area contributed by atoms with Gasteiger partial charge in [0.1, 0.15) is 11.0 Å². The van der Waals surface area contributed by atoms with Gasteiger partial charge in [-0.1, -0.05) is 11.6 Å². The number of nitrogens with two attached hydrogens (primary N) is 1. The molecule has 1 rings (SSSR count). The molecule has 0 radical (unpaired) electrons. The van der Waals surface area contributed by atoms with Crippen LogP contribution in [0.25, 0.3) is 0 Å². The quantitative estimate of drug-likeness (QED) is 0.881. The molecule has 1 amide bonds. The average Bonchev–Trinajstić information content (AvgIpc) is 2.27. The van der Waals surface area contributed by atoms with Crippen molar-refractivity contribution >= 4 is 27.3 Å². The van der Waals surface area contributed by atoms with Crippen molar-refractivity contribution in [2.75, 3.05) is 7.11 Å². The van der Waals surface area contributed by atoms with Crippen LogP contribution in [0.2, 0.25) is 5.02 Å². The van der Waals surface area contributed by atoms with Gasteiger partial charge in [-0.3, -0.25) is 4.79 Å². The van der Waals surface area contributed by atoms with Gasteiger partial charge in [-0.2, -0.15) is 0 Å². The lowest BCUT2D eigenvalue weighted by molar-refractivity contribution is -0.117. The molecule has 1 aromatic carbocycles. The molecule has 0 aromatic heterocycles. The zero-order chi connectivity index (χ0) is 13.9. The number of carbonyl (C=O) groups is 1. The molecular weight excluding hydrogens is 278 g/mol. The number of ether oxygens (including phenoxy) is 1. The van der Waals surface area contributed by atoms with Gasteiger partial charge in [-0.05, 0) is 25.1 Å². The van der Waals surface area contributed by atoms with E-state index in [1.54, 1.807) is 12.1 Å². The van der Waals surface area contributed by atoms with E-state index in [4.69, 9.17) is 22.1 Å². The summed E-state index contributed by atoms with van der Waals surface area (Å²) in [7, 11) is -2.25. The van der Waals surface area contributed by atoms with Crippen LogP contribution in [-0.2, 0) is 20.4 Å².